The van der Waals surface area contributed by atoms with Crippen LogP contribution in [0.25, 0.3) is 11.4 Å². The lowest BCUT2D eigenvalue weighted by Gasteiger charge is -2.20. The number of alkyl halides is 2. The van der Waals surface area contributed by atoms with Crippen molar-refractivity contribution in [1.29, 1.82) is 0 Å². The van der Waals surface area contributed by atoms with E-state index in [1.807, 2.05) is 19.0 Å². The number of carbonyl (C=O) groups is 1. The zero-order chi connectivity index (χ0) is 23.5. The highest BCUT2D eigenvalue weighted by atomic mass is 19.3. The summed E-state index contributed by atoms with van der Waals surface area (Å²) in [5, 5.41) is 3.11. The third-order valence-electron chi connectivity index (χ3n) is 5.88. The lowest BCUT2D eigenvalue weighted by Crippen LogP contribution is -2.34. The fraction of sp³-hybridized carbons (Fsp3) is 0.391. The molecule has 2 aromatic heterocycles. The number of hydrogen-bond donors (Lipinski definition) is 1. The van der Waals surface area contributed by atoms with Crippen molar-refractivity contribution in [3.05, 3.63) is 54.1 Å². The van der Waals surface area contributed by atoms with Gasteiger partial charge in [0, 0.05) is 43.1 Å². The van der Waals surface area contributed by atoms with E-state index in [1.54, 1.807) is 43.5 Å². The first-order chi connectivity index (χ1) is 15.9. The molecule has 33 heavy (non-hydrogen) atoms. The van der Waals surface area contributed by atoms with E-state index in [0.717, 1.165) is 19.5 Å². The van der Waals surface area contributed by atoms with Crippen LogP contribution in [0.1, 0.15) is 36.0 Å². The minimum atomic E-state index is -2.66. The monoisotopic (exact) mass is 455 g/mol. The highest BCUT2D eigenvalue weighted by Gasteiger charge is 2.28. The SMILES string of the molecule is CCn1c(-c2ccnc(Nc3ccc(C(=O)N4CC[C@H](N(C)C)C4)cc3)n2)cnc1C(F)F. The Kier molecular flexibility index (Phi) is 6.64. The van der Waals surface area contributed by atoms with Crippen LogP contribution >= 0.6 is 0 Å². The zero-order valence-corrected chi connectivity index (χ0v) is 18.9. The molecule has 174 valence electrons. The van der Waals surface area contributed by atoms with Crippen LogP contribution in [0.2, 0.25) is 0 Å². The molecule has 1 aliphatic rings. The van der Waals surface area contributed by atoms with Gasteiger partial charge in [-0.25, -0.2) is 23.7 Å². The van der Waals surface area contributed by atoms with Gasteiger partial charge in [0.1, 0.15) is 0 Å². The summed E-state index contributed by atoms with van der Waals surface area (Å²) in [6.45, 7) is 3.62. The van der Waals surface area contributed by atoms with E-state index in [2.05, 4.69) is 25.2 Å². The molecule has 0 spiro atoms. The molecule has 1 amide bonds. The number of imidazole rings is 1. The van der Waals surface area contributed by atoms with E-state index < -0.39 is 6.43 Å². The van der Waals surface area contributed by atoms with E-state index in [4.69, 9.17) is 0 Å². The topological polar surface area (TPSA) is 79.2 Å². The Hall–Kier alpha value is -3.40. The smallest absolute Gasteiger partial charge is 0.295 e. The fourth-order valence-corrected chi connectivity index (χ4v) is 4.02. The molecule has 3 aromatic rings. The lowest BCUT2D eigenvalue weighted by atomic mass is 10.2. The number of benzene rings is 1. The maximum atomic E-state index is 13.2. The van der Waals surface area contributed by atoms with Crippen LogP contribution in [0.5, 0.6) is 0 Å². The average molecular weight is 456 g/mol. The summed E-state index contributed by atoms with van der Waals surface area (Å²) in [4.78, 5) is 29.3. The van der Waals surface area contributed by atoms with Crippen molar-refractivity contribution in [3.63, 3.8) is 0 Å². The molecule has 0 saturated carbocycles. The van der Waals surface area contributed by atoms with E-state index in [9.17, 15) is 13.6 Å². The van der Waals surface area contributed by atoms with Gasteiger partial charge in [0.15, 0.2) is 5.82 Å². The number of aromatic nitrogens is 4. The lowest BCUT2D eigenvalue weighted by molar-refractivity contribution is 0.0783. The molecule has 1 fully saturated rings. The van der Waals surface area contributed by atoms with Crippen molar-refractivity contribution < 1.29 is 13.6 Å². The van der Waals surface area contributed by atoms with Crippen LogP contribution in [0.4, 0.5) is 20.4 Å². The predicted molar refractivity (Wildman–Crippen MR) is 122 cm³/mol. The number of nitrogens with one attached hydrogen (secondary N) is 1. The predicted octanol–water partition coefficient (Wildman–Crippen LogP) is 3.82. The Morgan fingerprint density at radius 3 is 2.61 bits per heavy atom. The molecule has 3 heterocycles. The standard InChI is InChI=1S/C23H27F2N7O/c1-4-32-19(13-27-21(32)20(24)25)18-9-11-26-23(29-18)28-16-7-5-15(6-8-16)22(33)31-12-10-17(14-31)30(2)3/h5-9,11,13,17,20H,4,10,12,14H2,1-3H3,(H,26,28,29)/t17-/m0/s1. The molecule has 1 aliphatic heterocycles. The van der Waals surface area contributed by atoms with E-state index in [0.29, 0.717) is 41.2 Å². The summed E-state index contributed by atoms with van der Waals surface area (Å²) in [6, 6.07) is 9.20. The maximum Gasteiger partial charge on any atom is 0.295 e. The van der Waals surface area contributed by atoms with Crippen LogP contribution in [0.3, 0.4) is 0 Å². The average Bonchev–Trinajstić information content (AvgIpc) is 3.47. The van der Waals surface area contributed by atoms with Gasteiger partial charge < -0.3 is 19.7 Å². The van der Waals surface area contributed by atoms with Crippen LogP contribution in [-0.4, -0.2) is 68.5 Å². The van der Waals surface area contributed by atoms with Gasteiger partial charge in [0.25, 0.3) is 12.3 Å². The molecular formula is C23H27F2N7O. The Morgan fingerprint density at radius 2 is 1.97 bits per heavy atom. The summed E-state index contributed by atoms with van der Waals surface area (Å²) in [7, 11) is 4.06. The molecule has 0 aliphatic carbocycles. The Bertz CT molecular complexity index is 1110. The molecule has 0 radical (unpaired) electrons. The molecule has 4 rings (SSSR count). The number of likely N-dealkylation sites (N-methyl/N-ethyl adjacent to an activating group) is 1. The number of carbonyl (C=O) groups excluding carboxylic acids is 1. The summed E-state index contributed by atoms with van der Waals surface area (Å²) in [5.74, 6) is 0.0602. The number of halogens is 2. The number of hydrogen-bond acceptors (Lipinski definition) is 6. The van der Waals surface area contributed by atoms with Crippen molar-refractivity contribution in [2.24, 2.45) is 0 Å². The molecule has 0 bridgehead atoms. The first kappa shape index (κ1) is 22.8. The van der Waals surface area contributed by atoms with Gasteiger partial charge in [-0.15, -0.1) is 0 Å². The summed E-state index contributed by atoms with van der Waals surface area (Å²) >= 11 is 0. The van der Waals surface area contributed by atoms with Gasteiger partial charge >= 0.3 is 0 Å². The van der Waals surface area contributed by atoms with Crippen LogP contribution < -0.4 is 5.32 Å². The van der Waals surface area contributed by atoms with Crippen molar-refractivity contribution in [3.8, 4) is 11.4 Å². The third kappa shape index (κ3) is 4.85. The number of amides is 1. The van der Waals surface area contributed by atoms with Crippen LogP contribution in [-0.2, 0) is 6.54 Å². The van der Waals surface area contributed by atoms with E-state index in [-0.39, 0.29) is 11.7 Å². The van der Waals surface area contributed by atoms with Crippen LogP contribution in [0, 0.1) is 0 Å². The normalized spacial score (nSPS) is 16.1. The minimum Gasteiger partial charge on any atom is -0.337 e. The van der Waals surface area contributed by atoms with Crippen LogP contribution in [0.15, 0.2) is 42.7 Å². The summed E-state index contributed by atoms with van der Waals surface area (Å²) in [6.07, 6.45) is 1.28. The second kappa shape index (κ2) is 9.62. The third-order valence-corrected chi connectivity index (χ3v) is 5.88. The number of nitrogens with zero attached hydrogens (tertiary/aromatic N) is 6. The van der Waals surface area contributed by atoms with Gasteiger partial charge in [0.2, 0.25) is 5.95 Å². The zero-order valence-electron chi connectivity index (χ0n) is 18.9. The highest BCUT2D eigenvalue weighted by Crippen LogP contribution is 2.26. The highest BCUT2D eigenvalue weighted by molar-refractivity contribution is 5.94. The number of anilines is 2. The molecule has 1 aromatic carbocycles. The first-order valence-corrected chi connectivity index (χ1v) is 10.9. The van der Waals surface area contributed by atoms with Gasteiger partial charge in [-0.2, -0.15) is 0 Å². The van der Waals surface area contributed by atoms with Crippen molar-refractivity contribution in [2.45, 2.75) is 32.4 Å². The van der Waals surface area contributed by atoms with Crippen molar-refractivity contribution >= 4 is 17.5 Å². The van der Waals surface area contributed by atoms with Crippen molar-refractivity contribution in [2.75, 3.05) is 32.5 Å². The van der Waals surface area contributed by atoms with Gasteiger partial charge in [0.05, 0.1) is 17.6 Å². The summed E-state index contributed by atoms with van der Waals surface area (Å²) in [5.41, 5.74) is 2.33. The van der Waals surface area contributed by atoms with Crippen molar-refractivity contribution in [1.82, 2.24) is 29.3 Å². The van der Waals surface area contributed by atoms with E-state index >= 15 is 0 Å². The molecule has 8 nitrogen and oxygen atoms in total. The largest absolute Gasteiger partial charge is 0.337 e. The second-order valence-electron chi connectivity index (χ2n) is 8.17. The molecule has 0 unspecified atom stereocenters. The van der Waals surface area contributed by atoms with E-state index in [1.165, 1.54) is 10.8 Å². The molecule has 1 atom stereocenters. The Balaban J connectivity index is 1.47. The van der Waals surface area contributed by atoms with Gasteiger partial charge in [-0.1, -0.05) is 0 Å². The minimum absolute atomic E-state index is 0.0202. The molecule has 1 saturated heterocycles. The molecule has 1 N–H and O–H groups in total. The number of rotatable bonds is 7. The maximum absolute atomic E-state index is 13.2. The fourth-order valence-electron chi connectivity index (χ4n) is 4.02. The molecular weight excluding hydrogens is 428 g/mol. The summed E-state index contributed by atoms with van der Waals surface area (Å²) < 4.78 is 27.8. The Morgan fingerprint density at radius 1 is 1.21 bits per heavy atom. The second-order valence-corrected chi connectivity index (χ2v) is 8.17. The Labute approximate surface area is 191 Å². The quantitative estimate of drug-likeness (QED) is 0.584. The van der Waals surface area contributed by atoms with Gasteiger partial charge in [-0.3, -0.25) is 4.79 Å². The molecule has 10 heteroatoms. The number of likely N-dealkylation sites (tertiary alicyclic amines) is 1. The van der Waals surface area contributed by atoms with Gasteiger partial charge in [-0.05, 0) is 57.8 Å². The first-order valence-electron chi connectivity index (χ1n) is 10.9.